The summed E-state index contributed by atoms with van der Waals surface area (Å²) in [7, 11) is 0. The Labute approximate surface area is 165 Å². The first kappa shape index (κ1) is 18.6. The molecule has 24 heavy (non-hydrogen) atoms. The Morgan fingerprint density at radius 3 is 2.67 bits per heavy atom. The van der Waals surface area contributed by atoms with Crippen molar-refractivity contribution in [2.45, 2.75) is 0 Å². The monoisotopic (exact) mass is 550 g/mol. The summed E-state index contributed by atoms with van der Waals surface area (Å²) in [5, 5.41) is 16.2. The fourth-order valence-corrected chi connectivity index (χ4v) is 3.55. The van der Waals surface area contributed by atoms with E-state index in [4.69, 9.17) is 0 Å². The minimum Gasteiger partial charge on any atom is -0.506 e. The van der Waals surface area contributed by atoms with E-state index in [0.29, 0.717) is 14.7 Å². The Morgan fingerprint density at radius 1 is 1.25 bits per heavy atom. The second kappa shape index (κ2) is 8.92. The van der Waals surface area contributed by atoms with Gasteiger partial charge >= 0.3 is 0 Å². The molecule has 0 radical (unpaired) electrons. The number of phenols is 1. The number of phenolic OH excluding ortho intramolecular Hbond substituents is 1. The molecule has 0 fully saturated rings. The predicted octanol–water partition coefficient (Wildman–Crippen LogP) is 1.88. The molecular weight excluding hydrogens is 538 g/mol. The number of nitrogens with one attached hydrogen (secondary N) is 2. The average Bonchev–Trinajstić information content (AvgIpc) is 2.57. The van der Waals surface area contributed by atoms with Crippen molar-refractivity contribution in [1.82, 2.24) is 15.7 Å². The number of carbonyl (C=O) groups excluding carboxylic acids is 2. The molecule has 7 nitrogen and oxygen atoms in total. The SMILES string of the molecule is O=C(CNC(=O)c1ccncc1)NN=Cc1cc(I)cc(I)c1O. The lowest BCUT2D eigenvalue weighted by molar-refractivity contribution is -0.120. The zero-order valence-corrected chi connectivity index (χ0v) is 16.5. The number of hydrogen-bond acceptors (Lipinski definition) is 5. The lowest BCUT2D eigenvalue weighted by atomic mass is 10.2. The third-order valence-electron chi connectivity index (χ3n) is 2.80. The van der Waals surface area contributed by atoms with Crippen LogP contribution in [0.3, 0.4) is 0 Å². The van der Waals surface area contributed by atoms with Gasteiger partial charge in [0, 0.05) is 27.1 Å². The number of carbonyl (C=O) groups is 2. The number of pyridine rings is 1. The van der Waals surface area contributed by atoms with E-state index < -0.39 is 5.91 Å². The maximum Gasteiger partial charge on any atom is 0.259 e. The number of amides is 2. The fourth-order valence-electron chi connectivity index (χ4n) is 1.66. The van der Waals surface area contributed by atoms with Crippen LogP contribution in [0.15, 0.2) is 41.8 Å². The number of aromatic hydroxyl groups is 1. The molecule has 2 amide bonds. The summed E-state index contributed by atoms with van der Waals surface area (Å²) < 4.78 is 1.63. The molecule has 2 aromatic rings. The van der Waals surface area contributed by atoms with E-state index in [2.05, 4.69) is 43.4 Å². The van der Waals surface area contributed by atoms with Gasteiger partial charge in [-0.15, -0.1) is 0 Å². The Bertz CT molecular complexity index is 782. The van der Waals surface area contributed by atoms with Crippen molar-refractivity contribution in [1.29, 1.82) is 0 Å². The highest BCUT2D eigenvalue weighted by Crippen LogP contribution is 2.25. The highest BCUT2D eigenvalue weighted by atomic mass is 127. The third kappa shape index (κ3) is 5.40. The Kier molecular flexibility index (Phi) is 6.90. The highest BCUT2D eigenvalue weighted by Gasteiger charge is 2.08. The normalized spacial score (nSPS) is 10.6. The molecule has 1 heterocycles. The maximum absolute atomic E-state index is 11.8. The van der Waals surface area contributed by atoms with Crippen LogP contribution in [-0.2, 0) is 4.79 Å². The molecule has 9 heteroatoms. The highest BCUT2D eigenvalue weighted by molar-refractivity contribution is 14.1. The molecule has 1 aromatic heterocycles. The maximum atomic E-state index is 11.8. The number of hydrogen-bond donors (Lipinski definition) is 3. The van der Waals surface area contributed by atoms with Crippen LogP contribution in [0.5, 0.6) is 5.75 Å². The van der Waals surface area contributed by atoms with Crippen molar-refractivity contribution >= 4 is 63.2 Å². The molecule has 0 aliphatic rings. The minimum atomic E-state index is -0.478. The van der Waals surface area contributed by atoms with Crippen LogP contribution in [0, 0.1) is 7.14 Å². The van der Waals surface area contributed by atoms with E-state index in [0.717, 1.165) is 3.57 Å². The van der Waals surface area contributed by atoms with E-state index >= 15 is 0 Å². The molecular formula is C15H12I2N4O3. The van der Waals surface area contributed by atoms with Gasteiger partial charge in [0.25, 0.3) is 11.8 Å². The summed E-state index contributed by atoms with van der Waals surface area (Å²) in [6.45, 7) is -0.214. The average molecular weight is 550 g/mol. The number of rotatable bonds is 5. The number of hydrazone groups is 1. The van der Waals surface area contributed by atoms with Gasteiger partial charge in [-0.1, -0.05) is 0 Å². The van der Waals surface area contributed by atoms with Crippen LogP contribution in [-0.4, -0.2) is 34.7 Å². The summed E-state index contributed by atoms with van der Waals surface area (Å²) in [5.74, 6) is -0.755. The summed E-state index contributed by atoms with van der Waals surface area (Å²) in [6.07, 6.45) is 4.34. The first-order chi connectivity index (χ1) is 11.5. The first-order valence-electron chi connectivity index (χ1n) is 6.65. The van der Waals surface area contributed by atoms with Crippen LogP contribution in [0.4, 0.5) is 0 Å². The van der Waals surface area contributed by atoms with Crippen LogP contribution in [0.25, 0.3) is 0 Å². The smallest absolute Gasteiger partial charge is 0.259 e. The molecule has 124 valence electrons. The van der Waals surface area contributed by atoms with Gasteiger partial charge in [-0.25, -0.2) is 5.43 Å². The molecule has 0 saturated carbocycles. The number of halogens is 2. The van der Waals surface area contributed by atoms with E-state index in [9.17, 15) is 14.7 Å². The Morgan fingerprint density at radius 2 is 1.96 bits per heavy atom. The molecule has 0 atom stereocenters. The molecule has 0 bridgehead atoms. The van der Waals surface area contributed by atoms with Crippen molar-refractivity contribution in [3.63, 3.8) is 0 Å². The van der Waals surface area contributed by atoms with E-state index in [1.54, 1.807) is 18.2 Å². The van der Waals surface area contributed by atoms with Gasteiger partial charge in [0.2, 0.25) is 0 Å². The van der Waals surface area contributed by atoms with Gasteiger partial charge in [0.1, 0.15) is 5.75 Å². The van der Waals surface area contributed by atoms with Crippen molar-refractivity contribution in [3.05, 3.63) is 54.9 Å². The standard InChI is InChI=1S/C15H12I2N4O3/c16-11-5-10(14(23)12(17)6-11)7-20-21-13(22)8-19-15(24)9-1-3-18-4-2-9/h1-7,23H,8H2,(H,19,24)(H,21,22). The Balaban J connectivity index is 1.86. The molecule has 3 N–H and O–H groups in total. The van der Waals surface area contributed by atoms with Crippen LogP contribution in [0.2, 0.25) is 0 Å². The quantitative estimate of drug-likeness (QED) is 0.301. The van der Waals surface area contributed by atoms with Gasteiger partial charge in [-0.3, -0.25) is 14.6 Å². The lowest BCUT2D eigenvalue weighted by Crippen LogP contribution is -2.34. The molecule has 0 spiro atoms. The molecule has 1 aromatic carbocycles. The summed E-state index contributed by atoms with van der Waals surface area (Å²) in [5.41, 5.74) is 3.20. The third-order valence-corrected chi connectivity index (χ3v) is 4.25. The molecule has 0 aliphatic heterocycles. The first-order valence-corrected chi connectivity index (χ1v) is 8.81. The molecule has 2 rings (SSSR count). The topological polar surface area (TPSA) is 104 Å². The van der Waals surface area contributed by atoms with Crippen molar-refractivity contribution in [3.8, 4) is 5.75 Å². The van der Waals surface area contributed by atoms with E-state index in [1.807, 2.05) is 28.7 Å². The number of nitrogens with zero attached hydrogens (tertiary/aromatic N) is 2. The summed E-state index contributed by atoms with van der Waals surface area (Å²) >= 11 is 4.13. The van der Waals surface area contributed by atoms with Crippen LogP contribution >= 0.6 is 45.2 Å². The summed E-state index contributed by atoms with van der Waals surface area (Å²) in [4.78, 5) is 27.3. The predicted molar refractivity (Wildman–Crippen MR) is 106 cm³/mol. The van der Waals surface area contributed by atoms with Gasteiger partial charge in [-0.2, -0.15) is 5.10 Å². The van der Waals surface area contributed by atoms with Crippen molar-refractivity contribution in [2.75, 3.05) is 6.54 Å². The second-order valence-corrected chi connectivity index (χ2v) is 6.95. The largest absolute Gasteiger partial charge is 0.506 e. The number of benzene rings is 1. The van der Waals surface area contributed by atoms with Gasteiger partial charge in [-0.05, 0) is 69.4 Å². The molecule has 0 aliphatic carbocycles. The van der Waals surface area contributed by atoms with Gasteiger partial charge in [0.15, 0.2) is 0 Å². The zero-order valence-electron chi connectivity index (χ0n) is 12.2. The van der Waals surface area contributed by atoms with Gasteiger partial charge in [0.05, 0.1) is 16.3 Å². The molecule has 0 saturated heterocycles. The molecule has 0 unspecified atom stereocenters. The van der Waals surface area contributed by atoms with E-state index in [-0.39, 0.29) is 18.2 Å². The van der Waals surface area contributed by atoms with Gasteiger partial charge < -0.3 is 10.4 Å². The van der Waals surface area contributed by atoms with Crippen LogP contribution < -0.4 is 10.7 Å². The fraction of sp³-hybridized carbons (Fsp3) is 0.0667. The van der Waals surface area contributed by atoms with Crippen molar-refractivity contribution in [2.24, 2.45) is 5.10 Å². The lowest BCUT2D eigenvalue weighted by Gasteiger charge is -2.05. The minimum absolute atomic E-state index is 0.0972. The van der Waals surface area contributed by atoms with E-state index in [1.165, 1.54) is 18.6 Å². The number of aromatic nitrogens is 1. The Hall–Kier alpha value is -1.76. The zero-order chi connectivity index (χ0) is 17.5. The van der Waals surface area contributed by atoms with Crippen molar-refractivity contribution < 1.29 is 14.7 Å². The van der Waals surface area contributed by atoms with Crippen LogP contribution in [0.1, 0.15) is 15.9 Å². The summed E-state index contributed by atoms with van der Waals surface area (Å²) in [6, 6.07) is 6.65. The second-order valence-electron chi connectivity index (χ2n) is 4.54.